The van der Waals surface area contributed by atoms with Gasteiger partial charge in [-0.1, -0.05) is 0 Å². The Balaban J connectivity index is 2.44. The lowest BCUT2D eigenvalue weighted by Gasteiger charge is -1.93. The van der Waals surface area contributed by atoms with Crippen molar-refractivity contribution in [2.24, 2.45) is 0 Å². The van der Waals surface area contributed by atoms with Gasteiger partial charge in [-0.05, 0) is 19.1 Å². The molecule has 0 radical (unpaired) electrons. The number of thioether (sulfide) groups is 1. The summed E-state index contributed by atoms with van der Waals surface area (Å²) in [5.41, 5.74) is 1.44. The van der Waals surface area contributed by atoms with Gasteiger partial charge in [-0.3, -0.25) is 4.68 Å². The zero-order valence-corrected chi connectivity index (χ0v) is 6.82. The zero-order chi connectivity index (χ0) is 6.97. The molecule has 0 N–H and O–H groups in total. The SMILES string of the molecule is CSc1cnn2c1CCC2. The lowest BCUT2D eigenvalue weighted by Crippen LogP contribution is -1.92. The predicted octanol–water partition coefficient (Wildman–Crippen LogP) is 1.55. The quantitative estimate of drug-likeness (QED) is 0.571. The van der Waals surface area contributed by atoms with Gasteiger partial charge < -0.3 is 0 Å². The Hall–Kier alpha value is -0.440. The highest BCUT2D eigenvalue weighted by atomic mass is 32.2. The van der Waals surface area contributed by atoms with Crippen LogP contribution in [0, 0.1) is 0 Å². The van der Waals surface area contributed by atoms with E-state index >= 15 is 0 Å². The predicted molar refractivity (Wildman–Crippen MR) is 42.3 cm³/mol. The largest absolute Gasteiger partial charge is 0.268 e. The van der Waals surface area contributed by atoms with E-state index in [2.05, 4.69) is 16.0 Å². The van der Waals surface area contributed by atoms with Crippen LogP contribution in [0.5, 0.6) is 0 Å². The van der Waals surface area contributed by atoms with Crippen molar-refractivity contribution < 1.29 is 0 Å². The second kappa shape index (κ2) is 2.31. The van der Waals surface area contributed by atoms with E-state index in [-0.39, 0.29) is 0 Å². The highest BCUT2D eigenvalue weighted by Crippen LogP contribution is 2.24. The fourth-order valence-electron chi connectivity index (χ4n) is 1.41. The first kappa shape index (κ1) is 6.28. The second-order valence-corrected chi connectivity index (χ2v) is 3.33. The summed E-state index contributed by atoms with van der Waals surface area (Å²) in [5.74, 6) is 0. The van der Waals surface area contributed by atoms with Crippen LogP contribution in [-0.2, 0) is 13.0 Å². The van der Waals surface area contributed by atoms with E-state index in [0.29, 0.717) is 0 Å². The van der Waals surface area contributed by atoms with E-state index in [1.807, 2.05) is 6.20 Å². The smallest absolute Gasteiger partial charge is 0.0628 e. The molecule has 0 saturated heterocycles. The molecule has 0 unspecified atom stereocenters. The molecule has 0 bridgehead atoms. The van der Waals surface area contributed by atoms with Crippen LogP contribution in [0.1, 0.15) is 12.1 Å². The maximum absolute atomic E-state index is 4.26. The third-order valence-corrected chi connectivity index (χ3v) is 2.69. The summed E-state index contributed by atoms with van der Waals surface area (Å²) in [6.07, 6.45) is 6.57. The van der Waals surface area contributed by atoms with E-state index < -0.39 is 0 Å². The number of hydrogen-bond acceptors (Lipinski definition) is 2. The van der Waals surface area contributed by atoms with Crippen molar-refractivity contribution in [3.05, 3.63) is 11.9 Å². The van der Waals surface area contributed by atoms with E-state index in [1.54, 1.807) is 11.8 Å². The molecule has 54 valence electrons. The number of rotatable bonds is 1. The van der Waals surface area contributed by atoms with Crippen molar-refractivity contribution >= 4 is 11.8 Å². The standard InChI is InChI=1S/C7H10N2S/c1-10-7-5-8-9-4-2-3-6(7)9/h5H,2-4H2,1H3. The normalized spacial score (nSPS) is 15.7. The van der Waals surface area contributed by atoms with Crippen LogP contribution in [0.4, 0.5) is 0 Å². The Morgan fingerprint density at radius 2 is 2.60 bits per heavy atom. The van der Waals surface area contributed by atoms with Crippen LogP contribution in [0.3, 0.4) is 0 Å². The summed E-state index contributed by atoms with van der Waals surface area (Å²) in [4.78, 5) is 1.36. The number of fused-ring (bicyclic) bond motifs is 1. The summed E-state index contributed by atoms with van der Waals surface area (Å²) in [6, 6.07) is 0. The lowest BCUT2D eigenvalue weighted by molar-refractivity contribution is 0.656. The van der Waals surface area contributed by atoms with Gasteiger partial charge in [0.2, 0.25) is 0 Å². The van der Waals surface area contributed by atoms with Crippen molar-refractivity contribution in [2.75, 3.05) is 6.26 Å². The monoisotopic (exact) mass is 154 g/mol. The molecule has 1 aliphatic heterocycles. The first-order valence-electron chi connectivity index (χ1n) is 3.50. The van der Waals surface area contributed by atoms with Gasteiger partial charge in [-0.2, -0.15) is 5.10 Å². The van der Waals surface area contributed by atoms with E-state index in [1.165, 1.54) is 23.4 Å². The van der Waals surface area contributed by atoms with Crippen molar-refractivity contribution in [2.45, 2.75) is 24.3 Å². The molecule has 1 aromatic heterocycles. The minimum Gasteiger partial charge on any atom is -0.268 e. The van der Waals surface area contributed by atoms with Gasteiger partial charge in [-0.15, -0.1) is 11.8 Å². The molecular weight excluding hydrogens is 144 g/mol. The average molecular weight is 154 g/mol. The molecule has 1 aromatic rings. The highest BCUT2D eigenvalue weighted by Gasteiger charge is 2.14. The van der Waals surface area contributed by atoms with E-state index in [9.17, 15) is 0 Å². The number of hydrogen-bond donors (Lipinski definition) is 0. The summed E-state index contributed by atoms with van der Waals surface area (Å²) >= 11 is 1.80. The summed E-state index contributed by atoms with van der Waals surface area (Å²) < 4.78 is 2.12. The Bertz CT molecular complexity index is 242. The second-order valence-electron chi connectivity index (χ2n) is 2.49. The molecule has 2 heterocycles. The first-order valence-corrected chi connectivity index (χ1v) is 4.73. The van der Waals surface area contributed by atoms with Gasteiger partial charge >= 0.3 is 0 Å². The molecule has 0 spiro atoms. The van der Waals surface area contributed by atoms with Crippen molar-refractivity contribution in [1.82, 2.24) is 9.78 Å². The van der Waals surface area contributed by atoms with E-state index in [4.69, 9.17) is 0 Å². The third-order valence-electron chi connectivity index (χ3n) is 1.91. The van der Waals surface area contributed by atoms with Gasteiger partial charge in [-0.25, -0.2) is 0 Å². The third kappa shape index (κ3) is 0.770. The van der Waals surface area contributed by atoms with Crippen LogP contribution >= 0.6 is 11.8 Å². The number of nitrogens with zero attached hydrogens (tertiary/aromatic N) is 2. The van der Waals surface area contributed by atoms with Crippen molar-refractivity contribution in [3.63, 3.8) is 0 Å². The molecule has 0 amide bonds. The van der Waals surface area contributed by atoms with Gasteiger partial charge in [0.15, 0.2) is 0 Å². The van der Waals surface area contributed by atoms with Gasteiger partial charge in [0.05, 0.1) is 11.9 Å². The first-order chi connectivity index (χ1) is 4.92. The van der Waals surface area contributed by atoms with Gasteiger partial charge in [0, 0.05) is 11.4 Å². The molecule has 0 atom stereocenters. The number of aromatic nitrogens is 2. The Morgan fingerprint density at radius 1 is 1.70 bits per heavy atom. The minimum absolute atomic E-state index is 1.12. The van der Waals surface area contributed by atoms with Crippen molar-refractivity contribution in [1.29, 1.82) is 0 Å². The van der Waals surface area contributed by atoms with Crippen LogP contribution in [0.15, 0.2) is 11.1 Å². The van der Waals surface area contributed by atoms with Crippen LogP contribution < -0.4 is 0 Å². The zero-order valence-electron chi connectivity index (χ0n) is 6.00. The maximum atomic E-state index is 4.26. The molecule has 2 nitrogen and oxygen atoms in total. The molecule has 0 aliphatic carbocycles. The average Bonchev–Trinajstić information content (AvgIpc) is 2.44. The molecule has 0 saturated carbocycles. The Labute approximate surface area is 64.6 Å². The van der Waals surface area contributed by atoms with Crippen LogP contribution in [-0.4, -0.2) is 16.0 Å². The molecule has 10 heavy (non-hydrogen) atoms. The van der Waals surface area contributed by atoms with E-state index in [0.717, 1.165) is 6.54 Å². The van der Waals surface area contributed by atoms with Gasteiger partial charge in [0.25, 0.3) is 0 Å². The fraction of sp³-hybridized carbons (Fsp3) is 0.571. The van der Waals surface area contributed by atoms with Gasteiger partial charge in [0.1, 0.15) is 0 Å². The molecule has 0 fully saturated rings. The summed E-state index contributed by atoms with van der Waals surface area (Å²) in [5, 5.41) is 4.26. The summed E-state index contributed by atoms with van der Waals surface area (Å²) in [6.45, 7) is 1.12. The molecule has 0 aromatic carbocycles. The molecule has 1 aliphatic rings. The minimum atomic E-state index is 1.12. The maximum Gasteiger partial charge on any atom is 0.0628 e. The highest BCUT2D eigenvalue weighted by molar-refractivity contribution is 7.98. The van der Waals surface area contributed by atoms with Crippen LogP contribution in [0.25, 0.3) is 0 Å². The summed E-state index contributed by atoms with van der Waals surface area (Å²) in [7, 11) is 0. The lowest BCUT2D eigenvalue weighted by atomic mass is 10.3. The topological polar surface area (TPSA) is 17.8 Å². The van der Waals surface area contributed by atoms with Crippen LogP contribution in [0.2, 0.25) is 0 Å². The van der Waals surface area contributed by atoms with Crippen molar-refractivity contribution in [3.8, 4) is 0 Å². The fourth-order valence-corrected chi connectivity index (χ4v) is 2.00. The molecule has 3 heteroatoms. The molecular formula is C7H10N2S. The number of aryl methyl sites for hydroxylation is 1. The molecule has 2 rings (SSSR count). The Morgan fingerprint density at radius 3 is 3.40 bits per heavy atom. The Kier molecular flexibility index (Phi) is 1.45.